The average molecular weight is 777 g/mol. The molecule has 5 saturated heterocycles. The minimum atomic E-state index is -0.378. The van der Waals surface area contributed by atoms with Gasteiger partial charge in [-0.1, -0.05) is 11.6 Å². The molecule has 2 N–H and O–H groups in total. The first kappa shape index (κ1) is 38.1. The summed E-state index contributed by atoms with van der Waals surface area (Å²) in [6.07, 6.45) is 6.37. The molecule has 2 atom stereocenters. The van der Waals surface area contributed by atoms with Crippen LogP contribution in [0.5, 0.6) is 0 Å². The van der Waals surface area contributed by atoms with Gasteiger partial charge in [-0.25, -0.2) is 0 Å². The Morgan fingerprint density at radius 2 is 1.50 bits per heavy atom. The fourth-order valence-electron chi connectivity index (χ4n) is 9.71. The molecule has 0 unspecified atom stereocenters. The second-order valence-corrected chi connectivity index (χ2v) is 17.1. The predicted molar refractivity (Wildman–Crippen MR) is 221 cm³/mol. The highest BCUT2D eigenvalue weighted by atomic mass is 35.5. The van der Waals surface area contributed by atoms with E-state index in [4.69, 9.17) is 11.6 Å². The van der Waals surface area contributed by atoms with Crippen molar-refractivity contribution in [3.8, 4) is 6.07 Å². The molecule has 5 aliphatic heterocycles. The Morgan fingerprint density at radius 1 is 0.857 bits per heavy atom. The molecule has 5 heterocycles. The fourth-order valence-corrected chi connectivity index (χ4v) is 9.93. The number of nitrogens with zero attached hydrogens (tertiary/aromatic N) is 6. The molecule has 294 valence electrons. The number of benzene rings is 3. The predicted octanol–water partition coefficient (Wildman–Crippen LogP) is 5.99. The summed E-state index contributed by atoms with van der Waals surface area (Å²) in [4.78, 5) is 49.1. The summed E-state index contributed by atoms with van der Waals surface area (Å²) in [7, 11) is 0. The molecule has 11 nitrogen and oxygen atoms in total. The van der Waals surface area contributed by atoms with Crippen LogP contribution in [0.25, 0.3) is 0 Å². The summed E-state index contributed by atoms with van der Waals surface area (Å²) in [5.41, 5.74) is 5.93. The number of hydrogen-bond donors (Lipinski definition) is 2. The Balaban J connectivity index is 0.752. The Bertz CT molecular complexity index is 1940. The fraction of sp³-hybridized carbons (Fsp3) is 0.500. The van der Waals surface area contributed by atoms with Gasteiger partial charge in [-0.15, -0.1) is 0 Å². The van der Waals surface area contributed by atoms with Gasteiger partial charge in [-0.2, -0.15) is 5.26 Å². The molecule has 0 aliphatic carbocycles. The van der Waals surface area contributed by atoms with Crippen molar-refractivity contribution in [1.29, 1.82) is 5.26 Å². The van der Waals surface area contributed by atoms with Gasteiger partial charge in [0.2, 0.25) is 11.8 Å². The van der Waals surface area contributed by atoms with Crippen molar-refractivity contribution in [3.63, 3.8) is 0 Å². The highest BCUT2D eigenvalue weighted by Crippen LogP contribution is 2.46. The smallest absolute Gasteiger partial charge is 0.253 e. The number of halogens is 1. The van der Waals surface area contributed by atoms with Crippen molar-refractivity contribution in [2.45, 2.75) is 64.0 Å². The third-order valence-corrected chi connectivity index (χ3v) is 13.4. The van der Waals surface area contributed by atoms with Crippen molar-refractivity contribution >= 4 is 52.1 Å². The molecule has 0 radical (unpaired) electrons. The maximum atomic E-state index is 13.5. The third-order valence-electron chi connectivity index (χ3n) is 13.1. The molecule has 1 spiro atoms. The number of likely N-dealkylation sites (tertiary alicyclic amines) is 1. The zero-order chi connectivity index (χ0) is 38.8. The second kappa shape index (κ2) is 16.4. The van der Waals surface area contributed by atoms with Gasteiger partial charge in [0.05, 0.1) is 10.6 Å². The lowest BCUT2D eigenvalue weighted by molar-refractivity contribution is -0.133. The van der Waals surface area contributed by atoms with Crippen LogP contribution >= 0.6 is 11.6 Å². The van der Waals surface area contributed by atoms with E-state index in [9.17, 15) is 19.6 Å². The zero-order valence-electron chi connectivity index (χ0n) is 32.4. The summed E-state index contributed by atoms with van der Waals surface area (Å²) in [5, 5.41) is 15.5. The third kappa shape index (κ3) is 8.33. The van der Waals surface area contributed by atoms with Crippen LogP contribution in [-0.4, -0.2) is 105 Å². The van der Waals surface area contributed by atoms with E-state index in [1.807, 2.05) is 47.4 Å². The number of nitriles is 1. The standard InChI is InChI=1S/C44H53ClN8O3/c1-31-27-44(30-53(31)38-9-4-34(28-46)39(45)26-38)16-20-50(21-17-44)36-7-2-33(3-8-36)43(56)52-18-14-32(15-19-52)29-49-22-24-51(25-23-49)37-10-5-35(6-11-37)47-40-12-13-41(54)48-42(40)55/h2-11,26,31-32,40,47H,12-25,27,29-30H2,1H3,(H,48,54,55)/t31-,40-/m1/s1. The van der Waals surface area contributed by atoms with Gasteiger partial charge >= 0.3 is 0 Å². The number of piperazine rings is 1. The quantitative estimate of drug-likeness (QED) is 0.267. The lowest BCUT2D eigenvalue weighted by atomic mass is 9.76. The molecule has 0 bridgehead atoms. The molecule has 56 heavy (non-hydrogen) atoms. The Morgan fingerprint density at radius 3 is 2.14 bits per heavy atom. The number of nitrogens with one attached hydrogen (secondary N) is 2. The van der Waals surface area contributed by atoms with Crippen LogP contribution in [0.1, 0.15) is 67.8 Å². The molecule has 0 saturated carbocycles. The van der Waals surface area contributed by atoms with Gasteiger partial charge in [0.15, 0.2) is 0 Å². The molecular weight excluding hydrogens is 724 g/mol. The van der Waals surface area contributed by atoms with Gasteiger partial charge in [-0.05, 0) is 124 Å². The molecule has 5 aliphatic rings. The van der Waals surface area contributed by atoms with Crippen molar-refractivity contribution in [1.82, 2.24) is 15.1 Å². The Kier molecular flexibility index (Phi) is 11.1. The summed E-state index contributed by atoms with van der Waals surface area (Å²) in [5.74, 6) is 0.283. The molecule has 12 heteroatoms. The number of carbonyl (C=O) groups excluding carboxylic acids is 3. The summed E-state index contributed by atoms with van der Waals surface area (Å²) in [6.45, 7) is 12.0. The first-order chi connectivity index (χ1) is 27.1. The van der Waals surface area contributed by atoms with Crippen LogP contribution in [0, 0.1) is 22.7 Å². The maximum absolute atomic E-state index is 13.5. The number of hydrogen-bond acceptors (Lipinski definition) is 9. The molecular formula is C44H53ClN8O3. The number of amides is 3. The van der Waals surface area contributed by atoms with Crippen LogP contribution in [0.3, 0.4) is 0 Å². The zero-order valence-corrected chi connectivity index (χ0v) is 33.1. The van der Waals surface area contributed by atoms with E-state index < -0.39 is 0 Å². The van der Waals surface area contributed by atoms with Crippen LogP contribution in [-0.2, 0) is 9.59 Å². The first-order valence-electron chi connectivity index (χ1n) is 20.4. The summed E-state index contributed by atoms with van der Waals surface area (Å²) in [6, 6.07) is 24.6. The van der Waals surface area contributed by atoms with E-state index in [1.165, 1.54) is 11.4 Å². The highest BCUT2D eigenvalue weighted by molar-refractivity contribution is 6.32. The monoisotopic (exact) mass is 776 g/mol. The molecule has 3 aromatic carbocycles. The summed E-state index contributed by atoms with van der Waals surface area (Å²) >= 11 is 6.38. The number of rotatable bonds is 8. The normalized spacial score (nSPS) is 23.3. The van der Waals surface area contributed by atoms with Crippen molar-refractivity contribution in [2.75, 3.05) is 85.5 Å². The van der Waals surface area contributed by atoms with Gasteiger partial charge in [-0.3, -0.25) is 24.6 Å². The lowest BCUT2D eigenvalue weighted by Crippen LogP contribution is -2.49. The van der Waals surface area contributed by atoms with Crippen LogP contribution < -0.4 is 25.3 Å². The van der Waals surface area contributed by atoms with E-state index in [-0.39, 0.29) is 29.2 Å². The van der Waals surface area contributed by atoms with Crippen LogP contribution in [0.4, 0.5) is 22.7 Å². The van der Waals surface area contributed by atoms with E-state index in [1.54, 1.807) is 0 Å². The van der Waals surface area contributed by atoms with Crippen molar-refractivity contribution in [2.24, 2.45) is 11.3 Å². The van der Waals surface area contributed by atoms with Gasteiger partial charge in [0, 0.05) is 106 Å². The Hall–Kier alpha value is -4.79. The van der Waals surface area contributed by atoms with Crippen molar-refractivity contribution in [3.05, 3.63) is 82.9 Å². The molecule has 0 aromatic heterocycles. The molecule has 5 fully saturated rings. The average Bonchev–Trinajstić information content (AvgIpc) is 3.54. The topological polar surface area (TPSA) is 115 Å². The number of piperidine rings is 3. The second-order valence-electron chi connectivity index (χ2n) is 16.7. The number of imide groups is 1. The first-order valence-corrected chi connectivity index (χ1v) is 20.8. The van der Waals surface area contributed by atoms with Crippen molar-refractivity contribution < 1.29 is 14.4 Å². The largest absolute Gasteiger partial charge is 0.374 e. The minimum Gasteiger partial charge on any atom is -0.374 e. The molecule has 3 aromatic rings. The highest BCUT2D eigenvalue weighted by Gasteiger charge is 2.44. The lowest BCUT2D eigenvalue weighted by Gasteiger charge is -2.40. The Labute approximate surface area is 335 Å². The maximum Gasteiger partial charge on any atom is 0.253 e. The minimum absolute atomic E-state index is 0.141. The number of carbonyl (C=O) groups is 3. The van der Waals surface area contributed by atoms with Gasteiger partial charge < -0.3 is 24.9 Å². The summed E-state index contributed by atoms with van der Waals surface area (Å²) < 4.78 is 0. The number of anilines is 4. The van der Waals surface area contributed by atoms with Gasteiger partial charge in [0.1, 0.15) is 12.1 Å². The van der Waals surface area contributed by atoms with E-state index in [2.05, 4.69) is 67.5 Å². The SMILES string of the molecule is C[C@@H]1CC2(CCN(c3ccc(C(=O)N4CCC(CN5CCN(c6ccc(N[C@@H]7CCC(=O)NC7=O)cc6)CC5)CC4)cc3)CC2)CN1c1ccc(C#N)c(Cl)c1. The van der Waals surface area contributed by atoms with E-state index in [0.717, 1.165) is 114 Å². The molecule has 8 rings (SSSR count). The van der Waals surface area contributed by atoms with E-state index in [0.29, 0.717) is 35.4 Å². The van der Waals surface area contributed by atoms with Crippen LogP contribution in [0.2, 0.25) is 5.02 Å². The van der Waals surface area contributed by atoms with E-state index >= 15 is 0 Å². The molecule has 3 amide bonds. The van der Waals surface area contributed by atoms with Crippen LogP contribution in [0.15, 0.2) is 66.7 Å². The van der Waals surface area contributed by atoms with Gasteiger partial charge in [0.25, 0.3) is 5.91 Å².